The van der Waals surface area contributed by atoms with E-state index >= 15 is 0 Å². The van der Waals surface area contributed by atoms with E-state index in [1.54, 1.807) is 13.8 Å². The highest BCUT2D eigenvalue weighted by Crippen LogP contribution is 2.12. The molecular weight excluding hydrogens is 265 g/mol. The lowest BCUT2D eigenvalue weighted by Gasteiger charge is -2.28. The third-order valence-electron chi connectivity index (χ3n) is 2.78. The van der Waals surface area contributed by atoms with Gasteiger partial charge in [0.05, 0.1) is 19.1 Å². The Morgan fingerprint density at radius 1 is 1.30 bits per heavy atom. The summed E-state index contributed by atoms with van der Waals surface area (Å²) in [7, 11) is 0. The van der Waals surface area contributed by atoms with Crippen LogP contribution < -0.4 is 5.32 Å². The highest BCUT2D eigenvalue weighted by molar-refractivity contribution is 6.01. The molecule has 6 heteroatoms. The molecule has 0 spiro atoms. The fraction of sp³-hybridized carbons (Fsp3) is 0.429. The minimum absolute atomic E-state index is 0.221. The lowest BCUT2D eigenvalue weighted by molar-refractivity contribution is -0.137. The number of aliphatic hydroxyl groups excluding tert-OH is 1. The van der Waals surface area contributed by atoms with Gasteiger partial charge < -0.3 is 10.2 Å². The molecule has 1 aromatic carbocycles. The largest absolute Gasteiger partial charge is 0.481 e. The Kier molecular flexibility index (Phi) is 5.35. The van der Waals surface area contributed by atoms with E-state index in [4.69, 9.17) is 5.11 Å². The van der Waals surface area contributed by atoms with Crippen molar-refractivity contribution in [1.29, 1.82) is 0 Å². The zero-order chi connectivity index (χ0) is 15.3. The maximum atomic E-state index is 12.8. The van der Waals surface area contributed by atoms with Crippen LogP contribution in [-0.4, -0.2) is 40.2 Å². The molecule has 3 N–H and O–H groups in total. The molecule has 1 aromatic rings. The summed E-state index contributed by atoms with van der Waals surface area (Å²) < 4.78 is 12.8. The molecular formula is C14H18FNO4. The van der Waals surface area contributed by atoms with Crippen LogP contribution in [0.3, 0.4) is 0 Å². The number of carbonyl (C=O) groups excluding carboxylic acids is 1. The van der Waals surface area contributed by atoms with Crippen molar-refractivity contribution in [3.05, 3.63) is 35.6 Å². The maximum Gasteiger partial charge on any atom is 0.305 e. The second-order valence-electron chi connectivity index (χ2n) is 5.21. The number of aliphatic carboxylic acids is 1. The van der Waals surface area contributed by atoms with Gasteiger partial charge in [0, 0.05) is 11.1 Å². The molecule has 0 heterocycles. The van der Waals surface area contributed by atoms with Gasteiger partial charge in [-0.3, -0.25) is 14.9 Å². The Bertz CT molecular complexity index is 484. The van der Waals surface area contributed by atoms with Gasteiger partial charge in [-0.1, -0.05) is 0 Å². The first kappa shape index (κ1) is 16.3. The third-order valence-corrected chi connectivity index (χ3v) is 2.78. The minimum Gasteiger partial charge on any atom is -0.481 e. The second kappa shape index (κ2) is 6.58. The average molecular weight is 283 g/mol. The van der Waals surface area contributed by atoms with E-state index in [1.165, 1.54) is 12.1 Å². The van der Waals surface area contributed by atoms with Gasteiger partial charge in [-0.15, -0.1) is 0 Å². The number of Topliss-reactive ketones (excluding diaryl/α,β-unsaturated/α-hetero) is 1. The van der Waals surface area contributed by atoms with Gasteiger partial charge >= 0.3 is 5.97 Å². The van der Waals surface area contributed by atoms with Crippen LogP contribution in [0.1, 0.15) is 30.6 Å². The summed E-state index contributed by atoms with van der Waals surface area (Å²) in [6, 6.07) is 3.91. The van der Waals surface area contributed by atoms with E-state index in [0.29, 0.717) is 0 Å². The van der Waals surface area contributed by atoms with E-state index in [1.807, 2.05) is 0 Å². The molecule has 1 atom stereocenters. The van der Waals surface area contributed by atoms with Gasteiger partial charge in [-0.2, -0.15) is 0 Å². The van der Waals surface area contributed by atoms with E-state index < -0.39 is 35.6 Å². The summed E-state index contributed by atoms with van der Waals surface area (Å²) >= 11 is 0. The van der Waals surface area contributed by atoms with E-state index in [0.717, 1.165) is 12.1 Å². The summed E-state index contributed by atoms with van der Waals surface area (Å²) in [6.45, 7) is 3.05. The number of hydrogen-bond donors (Lipinski definition) is 3. The van der Waals surface area contributed by atoms with Crippen molar-refractivity contribution in [3.63, 3.8) is 0 Å². The molecule has 0 fully saturated rings. The van der Waals surface area contributed by atoms with Gasteiger partial charge in [-0.25, -0.2) is 4.39 Å². The number of benzene rings is 1. The minimum atomic E-state index is -1.13. The highest BCUT2D eigenvalue weighted by atomic mass is 19.1. The number of rotatable bonds is 7. The molecule has 0 saturated heterocycles. The maximum absolute atomic E-state index is 12.8. The van der Waals surface area contributed by atoms with Crippen molar-refractivity contribution in [3.8, 4) is 0 Å². The number of carboxylic acid groups (broad SMARTS) is 1. The molecule has 5 nitrogen and oxygen atoms in total. The van der Waals surface area contributed by atoms with E-state index in [-0.39, 0.29) is 12.2 Å². The molecule has 0 aromatic heterocycles. The number of ketones is 1. The molecule has 0 aliphatic heterocycles. The Hall–Kier alpha value is -1.79. The summed E-state index contributed by atoms with van der Waals surface area (Å²) in [5.41, 5.74) is -0.575. The van der Waals surface area contributed by atoms with Gasteiger partial charge in [0.1, 0.15) is 5.82 Å². The van der Waals surface area contributed by atoms with E-state index in [2.05, 4.69) is 5.32 Å². The van der Waals surface area contributed by atoms with Crippen LogP contribution >= 0.6 is 0 Å². The fourth-order valence-electron chi connectivity index (χ4n) is 1.72. The number of halogens is 1. The predicted octanol–water partition coefficient (Wildman–Crippen LogP) is 1.21. The van der Waals surface area contributed by atoms with Gasteiger partial charge in [-0.05, 0) is 38.1 Å². The Morgan fingerprint density at radius 2 is 1.85 bits per heavy atom. The van der Waals surface area contributed by atoms with E-state index in [9.17, 15) is 19.1 Å². The third kappa shape index (κ3) is 4.71. The van der Waals surface area contributed by atoms with Crippen LogP contribution in [0.15, 0.2) is 24.3 Å². The van der Waals surface area contributed by atoms with Crippen molar-refractivity contribution >= 4 is 11.8 Å². The van der Waals surface area contributed by atoms with Crippen molar-refractivity contribution in [2.45, 2.75) is 31.8 Å². The number of nitrogens with one attached hydrogen (secondary N) is 1. The fourth-order valence-corrected chi connectivity index (χ4v) is 1.72. The summed E-state index contributed by atoms with van der Waals surface area (Å²) in [5.74, 6) is -2.05. The number of carboxylic acids is 1. The molecule has 0 bridgehead atoms. The first-order valence-electron chi connectivity index (χ1n) is 6.15. The van der Waals surface area contributed by atoms with Crippen LogP contribution in [0.4, 0.5) is 4.39 Å². The smallest absolute Gasteiger partial charge is 0.305 e. The van der Waals surface area contributed by atoms with Crippen LogP contribution in [0.25, 0.3) is 0 Å². The molecule has 0 radical (unpaired) electrons. The first-order valence-corrected chi connectivity index (χ1v) is 6.15. The summed E-state index contributed by atoms with van der Waals surface area (Å²) in [6.07, 6.45) is -0.417. The zero-order valence-corrected chi connectivity index (χ0v) is 11.4. The molecule has 0 aliphatic rings. The Morgan fingerprint density at radius 3 is 2.30 bits per heavy atom. The summed E-state index contributed by atoms with van der Waals surface area (Å²) in [5, 5.41) is 20.9. The SMILES string of the molecule is CC(C)(CO)NC(CC(=O)O)C(=O)c1ccc(F)cc1. The average Bonchev–Trinajstić information content (AvgIpc) is 2.37. The predicted molar refractivity (Wildman–Crippen MR) is 71.1 cm³/mol. The van der Waals surface area contributed by atoms with Crippen molar-refractivity contribution in [2.24, 2.45) is 0 Å². The second-order valence-corrected chi connectivity index (χ2v) is 5.21. The summed E-state index contributed by atoms with van der Waals surface area (Å²) in [4.78, 5) is 23.1. The van der Waals surface area contributed by atoms with Crippen LogP contribution in [0.2, 0.25) is 0 Å². The lowest BCUT2D eigenvalue weighted by Crippen LogP contribution is -2.52. The standard InChI is InChI=1S/C14H18FNO4/c1-14(2,8-17)16-11(7-12(18)19)13(20)9-3-5-10(15)6-4-9/h3-6,11,16-17H,7-8H2,1-2H3,(H,18,19). The number of carbonyl (C=O) groups is 2. The molecule has 110 valence electrons. The van der Waals surface area contributed by atoms with Crippen molar-refractivity contribution in [2.75, 3.05) is 6.61 Å². The monoisotopic (exact) mass is 283 g/mol. The van der Waals surface area contributed by atoms with Crippen molar-refractivity contribution < 1.29 is 24.2 Å². The molecule has 1 rings (SSSR count). The first-order chi connectivity index (χ1) is 9.25. The highest BCUT2D eigenvalue weighted by Gasteiger charge is 2.28. The molecule has 0 saturated carbocycles. The van der Waals surface area contributed by atoms with Crippen LogP contribution in [0.5, 0.6) is 0 Å². The zero-order valence-electron chi connectivity index (χ0n) is 11.4. The number of aliphatic hydroxyl groups is 1. The van der Waals surface area contributed by atoms with Crippen LogP contribution in [-0.2, 0) is 4.79 Å². The quantitative estimate of drug-likeness (QED) is 0.655. The Balaban J connectivity index is 2.95. The van der Waals surface area contributed by atoms with Gasteiger partial charge in [0.2, 0.25) is 0 Å². The number of hydrogen-bond acceptors (Lipinski definition) is 4. The normalized spacial score (nSPS) is 13.0. The molecule has 0 aliphatic carbocycles. The van der Waals surface area contributed by atoms with Gasteiger partial charge in [0.15, 0.2) is 5.78 Å². The topological polar surface area (TPSA) is 86.6 Å². The van der Waals surface area contributed by atoms with Crippen molar-refractivity contribution in [1.82, 2.24) is 5.32 Å². The lowest BCUT2D eigenvalue weighted by atomic mass is 9.97. The molecule has 20 heavy (non-hydrogen) atoms. The molecule has 1 unspecified atom stereocenters. The van der Waals surface area contributed by atoms with Gasteiger partial charge in [0.25, 0.3) is 0 Å². The molecule has 0 amide bonds. The van der Waals surface area contributed by atoms with Crippen LogP contribution in [0, 0.1) is 5.82 Å². The Labute approximate surface area is 116 Å².